The molecular weight excluding hydrogens is 159 g/mol. The third-order valence-corrected chi connectivity index (χ3v) is 1.38. The fraction of sp³-hybridized carbons (Fsp3) is 1.00. The van der Waals surface area contributed by atoms with Crippen molar-refractivity contribution in [3.05, 3.63) is 0 Å². The third-order valence-electron chi connectivity index (χ3n) is 0.576. The first-order valence-corrected chi connectivity index (χ1v) is 5.24. The second-order valence-corrected chi connectivity index (χ2v) is 4.85. The molecule has 0 heterocycles. The molecule has 0 bridgehead atoms. The molecule has 0 saturated heterocycles. The fourth-order valence-corrected chi connectivity index (χ4v) is 0.921. The van der Waals surface area contributed by atoms with Gasteiger partial charge in [-0.15, -0.1) is 0 Å². The third kappa shape index (κ3) is 8.53. The molecule has 0 aliphatic carbocycles. The van der Waals surface area contributed by atoms with Crippen molar-refractivity contribution in [1.29, 1.82) is 0 Å². The first-order valence-electron chi connectivity index (χ1n) is 2.62. The first-order chi connectivity index (χ1) is 3.92. The van der Waals surface area contributed by atoms with Crippen LogP contribution >= 0.6 is 6.72 Å². The Hall–Kier alpha value is 0.530. The molecule has 0 rings (SSSR count). The highest BCUT2D eigenvalue weighted by atomic mass is 32.5. The molecule has 0 aliphatic heterocycles. The van der Waals surface area contributed by atoms with E-state index in [2.05, 4.69) is 16.3 Å². The fourth-order valence-electron chi connectivity index (χ4n) is 0.246. The summed E-state index contributed by atoms with van der Waals surface area (Å²) in [5.74, 6) is 0.284. The molecule has 9 heavy (non-hydrogen) atoms. The minimum atomic E-state index is -3.39. The smallest absolute Gasteiger partial charge is 0.321 e. The van der Waals surface area contributed by atoms with Crippen molar-refractivity contribution in [3.8, 4) is 0 Å². The highest BCUT2D eigenvalue weighted by molar-refractivity contribution is 8.06. The zero-order valence-electron chi connectivity index (χ0n) is 5.44. The van der Waals surface area contributed by atoms with Crippen LogP contribution in [0.5, 0.6) is 0 Å². The van der Waals surface area contributed by atoms with Crippen LogP contribution in [0.4, 0.5) is 0 Å². The van der Waals surface area contributed by atoms with Crippen molar-refractivity contribution in [2.45, 2.75) is 13.8 Å². The van der Waals surface area contributed by atoms with Crippen LogP contribution < -0.4 is 0 Å². The predicted molar refractivity (Wildman–Crippen MR) is 39.5 cm³/mol. The van der Waals surface area contributed by atoms with Crippen molar-refractivity contribution < 1.29 is 14.3 Å². The summed E-state index contributed by atoms with van der Waals surface area (Å²) in [6.45, 7) is 0.739. The Bertz CT molecular complexity index is 119. The maximum atomic E-state index is 8.53. The molecule has 5 heteroatoms. The van der Waals surface area contributed by atoms with Crippen LogP contribution in [-0.4, -0.2) is 16.4 Å². The molecule has 0 aromatic heterocycles. The largest absolute Gasteiger partial charge is 0.325 e. The van der Waals surface area contributed by atoms with Crippen LogP contribution in [-0.2, 0) is 16.3 Å². The summed E-state index contributed by atoms with van der Waals surface area (Å²) in [4.78, 5) is 17.1. The van der Waals surface area contributed by atoms with Crippen molar-refractivity contribution >= 4 is 18.5 Å². The van der Waals surface area contributed by atoms with E-state index < -0.39 is 6.72 Å². The summed E-state index contributed by atoms with van der Waals surface area (Å²) < 4.78 is 4.53. The van der Waals surface area contributed by atoms with Gasteiger partial charge in [-0.05, 0) is 17.7 Å². The van der Waals surface area contributed by atoms with Gasteiger partial charge in [-0.1, -0.05) is 13.8 Å². The SMILES string of the molecule is CC(C)COP(O)(O)=S. The van der Waals surface area contributed by atoms with Crippen LogP contribution in [0.15, 0.2) is 0 Å². The molecule has 0 atom stereocenters. The van der Waals surface area contributed by atoms with Crippen LogP contribution in [0.25, 0.3) is 0 Å². The Balaban J connectivity index is 3.40. The van der Waals surface area contributed by atoms with Crippen LogP contribution in [0.1, 0.15) is 13.8 Å². The van der Waals surface area contributed by atoms with E-state index in [1.807, 2.05) is 13.8 Å². The van der Waals surface area contributed by atoms with Gasteiger partial charge in [0.05, 0.1) is 6.61 Å². The molecule has 0 amide bonds. The van der Waals surface area contributed by atoms with Gasteiger partial charge in [-0.25, -0.2) is 0 Å². The Kier molecular flexibility index (Phi) is 3.85. The number of hydrogen-bond acceptors (Lipinski definition) is 2. The summed E-state index contributed by atoms with van der Waals surface area (Å²) in [7, 11) is 0. The van der Waals surface area contributed by atoms with E-state index in [9.17, 15) is 0 Å². The van der Waals surface area contributed by atoms with Gasteiger partial charge in [0.1, 0.15) is 0 Å². The van der Waals surface area contributed by atoms with E-state index in [0.29, 0.717) is 6.61 Å². The second kappa shape index (κ2) is 3.64. The highest BCUT2D eigenvalue weighted by Crippen LogP contribution is 2.36. The Morgan fingerprint density at radius 3 is 2.11 bits per heavy atom. The molecule has 0 spiro atoms. The summed E-state index contributed by atoms with van der Waals surface area (Å²) in [6.07, 6.45) is 0. The lowest BCUT2D eigenvalue weighted by molar-refractivity contribution is 0.223. The summed E-state index contributed by atoms with van der Waals surface area (Å²) in [5.41, 5.74) is 0. The van der Waals surface area contributed by atoms with Gasteiger partial charge >= 0.3 is 6.72 Å². The Morgan fingerprint density at radius 1 is 1.56 bits per heavy atom. The van der Waals surface area contributed by atoms with Crippen molar-refractivity contribution in [1.82, 2.24) is 0 Å². The quantitative estimate of drug-likeness (QED) is 0.617. The average Bonchev–Trinajstić information content (AvgIpc) is 1.59. The van der Waals surface area contributed by atoms with Crippen molar-refractivity contribution in [2.24, 2.45) is 5.92 Å². The first kappa shape index (κ1) is 9.53. The van der Waals surface area contributed by atoms with Crippen molar-refractivity contribution in [3.63, 3.8) is 0 Å². The molecule has 2 N–H and O–H groups in total. The second-order valence-electron chi connectivity index (χ2n) is 2.18. The lowest BCUT2D eigenvalue weighted by Crippen LogP contribution is -1.98. The molecule has 0 aliphatic rings. The van der Waals surface area contributed by atoms with Gasteiger partial charge < -0.3 is 14.3 Å². The van der Waals surface area contributed by atoms with E-state index in [1.54, 1.807) is 0 Å². The number of hydrogen-bond donors (Lipinski definition) is 2. The van der Waals surface area contributed by atoms with Crippen LogP contribution in [0, 0.1) is 5.92 Å². The van der Waals surface area contributed by atoms with Gasteiger partial charge in [0.15, 0.2) is 0 Å². The molecule has 0 aromatic rings. The minimum absolute atomic E-state index is 0.284. The normalized spacial score (nSPS) is 12.6. The molecule has 0 aromatic carbocycles. The monoisotopic (exact) mass is 170 g/mol. The molecule has 3 nitrogen and oxygen atoms in total. The Labute approximate surface area is 59.9 Å². The zero-order valence-corrected chi connectivity index (χ0v) is 7.15. The van der Waals surface area contributed by atoms with Gasteiger partial charge in [-0.2, -0.15) is 0 Å². The molecule has 0 fully saturated rings. The predicted octanol–water partition coefficient (Wildman–Crippen LogP) is 0.868. The standard InChI is InChI=1S/C4H11O3PS/c1-4(2)3-7-8(5,6)9/h4H,3H2,1-2H3,(H2,5,6,9). The van der Waals surface area contributed by atoms with Crippen molar-refractivity contribution in [2.75, 3.05) is 6.61 Å². The number of rotatable bonds is 3. The summed E-state index contributed by atoms with van der Waals surface area (Å²) in [5, 5.41) is 0. The Morgan fingerprint density at radius 2 is 2.00 bits per heavy atom. The average molecular weight is 170 g/mol. The maximum absolute atomic E-state index is 8.53. The molecule has 0 unspecified atom stereocenters. The molecule has 0 radical (unpaired) electrons. The van der Waals surface area contributed by atoms with Gasteiger partial charge in [0, 0.05) is 0 Å². The summed E-state index contributed by atoms with van der Waals surface area (Å²) in [6, 6.07) is 0. The van der Waals surface area contributed by atoms with E-state index in [1.165, 1.54) is 0 Å². The van der Waals surface area contributed by atoms with E-state index in [0.717, 1.165) is 0 Å². The molecule has 0 saturated carbocycles. The van der Waals surface area contributed by atoms with Crippen LogP contribution in [0.2, 0.25) is 0 Å². The lowest BCUT2D eigenvalue weighted by Gasteiger charge is -2.09. The zero-order chi connectivity index (χ0) is 7.49. The molecule has 56 valence electrons. The summed E-state index contributed by atoms with van der Waals surface area (Å²) >= 11 is 4.20. The topological polar surface area (TPSA) is 49.7 Å². The van der Waals surface area contributed by atoms with E-state index >= 15 is 0 Å². The van der Waals surface area contributed by atoms with E-state index in [-0.39, 0.29) is 5.92 Å². The maximum Gasteiger partial charge on any atom is 0.321 e. The van der Waals surface area contributed by atoms with Gasteiger partial charge in [-0.3, -0.25) is 0 Å². The van der Waals surface area contributed by atoms with Gasteiger partial charge in [0.2, 0.25) is 0 Å². The lowest BCUT2D eigenvalue weighted by atomic mass is 10.2. The minimum Gasteiger partial charge on any atom is -0.325 e. The van der Waals surface area contributed by atoms with Crippen LogP contribution in [0.3, 0.4) is 0 Å². The highest BCUT2D eigenvalue weighted by Gasteiger charge is 2.07. The molecular formula is C4H11O3PS. The van der Waals surface area contributed by atoms with Gasteiger partial charge in [0.25, 0.3) is 0 Å². The van der Waals surface area contributed by atoms with E-state index in [4.69, 9.17) is 9.79 Å².